The molecule has 0 unspecified atom stereocenters. The molecule has 0 radical (unpaired) electrons. The van der Waals surface area contributed by atoms with E-state index in [2.05, 4.69) is 21.5 Å². The van der Waals surface area contributed by atoms with E-state index in [1.54, 1.807) is 24.3 Å². The summed E-state index contributed by atoms with van der Waals surface area (Å²) in [5.41, 5.74) is 5.49. The summed E-state index contributed by atoms with van der Waals surface area (Å²) in [5, 5.41) is 5.31. The SMILES string of the molecule is CCOc1ccc(NC(=O)CCC(=O)NNC(=S)NC(=O)CC2CCCC2)cc1. The van der Waals surface area contributed by atoms with Crippen LogP contribution in [0, 0.1) is 5.92 Å². The van der Waals surface area contributed by atoms with Gasteiger partial charge in [0.25, 0.3) is 0 Å². The first kappa shape index (κ1) is 22.6. The molecule has 0 aliphatic heterocycles. The lowest BCUT2D eigenvalue weighted by atomic mass is 10.0. The maximum absolute atomic E-state index is 12.0. The molecule has 0 spiro atoms. The number of amides is 3. The lowest BCUT2D eigenvalue weighted by Crippen LogP contribution is -2.48. The van der Waals surface area contributed by atoms with E-state index in [0.29, 0.717) is 24.6 Å². The number of carbonyl (C=O) groups excluding carboxylic acids is 3. The van der Waals surface area contributed by atoms with Crippen molar-refractivity contribution < 1.29 is 19.1 Å². The number of thiocarbonyl (C=S) groups is 1. The number of hydrazine groups is 1. The molecular weight excluding hydrogens is 392 g/mol. The Balaban J connectivity index is 1.59. The highest BCUT2D eigenvalue weighted by Crippen LogP contribution is 2.27. The first-order valence-electron chi connectivity index (χ1n) is 9.87. The number of hydrogen-bond donors (Lipinski definition) is 4. The molecule has 29 heavy (non-hydrogen) atoms. The van der Waals surface area contributed by atoms with Crippen LogP contribution in [0.1, 0.15) is 51.9 Å². The number of benzene rings is 1. The molecular formula is C20H28N4O4S. The van der Waals surface area contributed by atoms with E-state index in [9.17, 15) is 14.4 Å². The van der Waals surface area contributed by atoms with Crippen molar-refractivity contribution in [2.24, 2.45) is 5.92 Å². The van der Waals surface area contributed by atoms with Crippen molar-refractivity contribution in [3.63, 3.8) is 0 Å². The van der Waals surface area contributed by atoms with Crippen LogP contribution in [0.2, 0.25) is 0 Å². The Morgan fingerprint density at radius 3 is 2.31 bits per heavy atom. The van der Waals surface area contributed by atoms with Crippen molar-refractivity contribution in [3.05, 3.63) is 24.3 Å². The van der Waals surface area contributed by atoms with Gasteiger partial charge in [0.15, 0.2) is 5.11 Å². The van der Waals surface area contributed by atoms with Crippen molar-refractivity contribution in [2.75, 3.05) is 11.9 Å². The van der Waals surface area contributed by atoms with Crippen molar-refractivity contribution in [3.8, 4) is 5.75 Å². The second-order valence-corrected chi connectivity index (χ2v) is 7.32. The summed E-state index contributed by atoms with van der Waals surface area (Å²) >= 11 is 4.99. The van der Waals surface area contributed by atoms with E-state index in [4.69, 9.17) is 17.0 Å². The number of anilines is 1. The van der Waals surface area contributed by atoms with Gasteiger partial charge in [-0.1, -0.05) is 12.8 Å². The molecule has 2 rings (SSSR count). The van der Waals surface area contributed by atoms with Crippen LogP contribution in [0.5, 0.6) is 5.75 Å². The molecule has 1 aromatic carbocycles. The quantitative estimate of drug-likeness (QED) is 0.380. The minimum Gasteiger partial charge on any atom is -0.494 e. The van der Waals surface area contributed by atoms with Gasteiger partial charge < -0.3 is 15.4 Å². The van der Waals surface area contributed by atoms with Crippen molar-refractivity contribution >= 4 is 40.7 Å². The van der Waals surface area contributed by atoms with Gasteiger partial charge in [0, 0.05) is 24.9 Å². The van der Waals surface area contributed by atoms with E-state index in [1.165, 1.54) is 12.8 Å². The molecule has 0 aromatic heterocycles. The summed E-state index contributed by atoms with van der Waals surface area (Å²) in [4.78, 5) is 35.7. The van der Waals surface area contributed by atoms with Gasteiger partial charge in [-0.25, -0.2) is 0 Å². The molecule has 0 atom stereocenters. The third kappa shape index (κ3) is 8.91. The molecule has 3 amide bonds. The molecule has 0 saturated heterocycles. The monoisotopic (exact) mass is 420 g/mol. The molecule has 1 saturated carbocycles. The summed E-state index contributed by atoms with van der Waals surface area (Å²) < 4.78 is 5.34. The van der Waals surface area contributed by atoms with Crippen LogP contribution in [0.25, 0.3) is 0 Å². The number of ether oxygens (including phenoxy) is 1. The van der Waals surface area contributed by atoms with Crippen LogP contribution in [0.4, 0.5) is 5.69 Å². The molecule has 8 nitrogen and oxygen atoms in total. The highest BCUT2D eigenvalue weighted by Gasteiger charge is 2.19. The first-order chi connectivity index (χ1) is 14.0. The van der Waals surface area contributed by atoms with Gasteiger partial charge in [-0.2, -0.15) is 0 Å². The maximum Gasteiger partial charge on any atom is 0.238 e. The first-order valence-corrected chi connectivity index (χ1v) is 10.3. The predicted octanol–water partition coefficient (Wildman–Crippen LogP) is 2.41. The molecule has 0 heterocycles. The van der Waals surface area contributed by atoms with E-state index in [0.717, 1.165) is 18.6 Å². The number of hydrogen-bond acceptors (Lipinski definition) is 5. The Hall–Kier alpha value is -2.68. The van der Waals surface area contributed by atoms with Gasteiger partial charge in [-0.3, -0.25) is 25.2 Å². The zero-order valence-electron chi connectivity index (χ0n) is 16.6. The second kappa shape index (κ2) is 12.0. The highest BCUT2D eigenvalue weighted by molar-refractivity contribution is 7.80. The van der Waals surface area contributed by atoms with E-state index in [1.807, 2.05) is 6.92 Å². The van der Waals surface area contributed by atoms with Crippen LogP contribution < -0.4 is 26.2 Å². The number of nitrogens with one attached hydrogen (secondary N) is 4. The summed E-state index contributed by atoms with van der Waals surface area (Å²) in [6.07, 6.45) is 4.93. The fourth-order valence-electron chi connectivity index (χ4n) is 3.13. The van der Waals surface area contributed by atoms with Gasteiger partial charge >= 0.3 is 0 Å². The van der Waals surface area contributed by atoms with Gasteiger partial charge in [0.2, 0.25) is 17.7 Å². The average Bonchev–Trinajstić information content (AvgIpc) is 3.19. The lowest BCUT2D eigenvalue weighted by Gasteiger charge is -2.12. The molecule has 158 valence electrons. The van der Waals surface area contributed by atoms with Crippen LogP contribution in [-0.2, 0) is 14.4 Å². The largest absolute Gasteiger partial charge is 0.494 e. The van der Waals surface area contributed by atoms with E-state index >= 15 is 0 Å². The molecule has 1 aliphatic rings. The van der Waals surface area contributed by atoms with Crippen LogP contribution in [0.3, 0.4) is 0 Å². The Kier molecular flexibility index (Phi) is 9.36. The lowest BCUT2D eigenvalue weighted by molar-refractivity contribution is -0.124. The fourth-order valence-corrected chi connectivity index (χ4v) is 3.29. The zero-order chi connectivity index (χ0) is 21.1. The Morgan fingerprint density at radius 1 is 1.00 bits per heavy atom. The molecule has 1 aliphatic carbocycles. The predicted molar refractivity (Wildman–Crippen MR) is 114 cm³/mol. The van der Waals surface area contributed by atoms with Gasteiger partial charge in [-0.15, -0.1) is 0 Å². The van der Waals surface area contributed by atoms with Gasteiger partial charge in [0.1, 0.15) is 5.75 Å². The van der Waals surface area contributed by atoms with Crippen molar-refractivity contribution in [2.45, 2.75) is 51.9 Å². The molecule has 1 fully saturated rings. The summed E-state index contributed by atoms with van der Waals surface area (Å²) in [5.74, 6) is 0.304. The number of carbonyl (C=O) groups is 3. The van der Waals surface area contributed by atoms with Crippen LogP contribution in [0.15, 0.2) is 24.3 Å². The molecule has 4 N–H and O–H groups in total. The van der Waals surface area contributed by atoms with E-state index < -0.39 is 5.91 Å². The van der Waals surface area contributed by atoms with Crippen LogP contribution in [-0.4, -0.2) is 29.4 Å². The Morgan fingerprint density at radius 2 is 1.66 bits per heavy atom. The number of rotatable bonds is 8. The Bertz CT molecular complexity index is 718. The van der Waals surface area contributed by atoms with E-state index in [-0.39, 0.29) is 29.8 Å². The van der Waals surface area contributed by atoms with Gasteiger partial charge in [-0.05, 0) is 62.2 Å². The van der Waals surface area contributed by atoms with Crippen molar-refractivity contribution in [1.82, 2.24) is 16.2 Å². The normalized spacial score (nSPS) is 13.4. The average molecular weight is 421 g/mol. The zero-order valence-corrected chi connectivity index (χ0v) is 17.4. The molecule has 0 bridgehead atoms. The topological polar surface area (TPSA) is 109 Å². The molecule has 1 aromatic rings. The minimum absolute atomic E-state index is 0.0154. The molecule has 9 heteroatoms. The summed E-state index contributed by atoms with van der Waals surface area (Å²) in [6.45, 7) is 2.47. The van der Waals surface area contributed by atoms with Crippen LogP contribution >= 0.6 is 12.2 Å². The third-order valence-electron chi connectivity index (χ3n) is 4.55. The fraction of sp³-hybridized carbons (Fsp3) is 0.500. The standard InChI is InChI=1S/C20H28N4O4S/c1-2-28-16-9-7-15(8-10-16)21-17(25)11-12-18(26)23-24-20(29)22-19(27)13-14-5-3-4-6-14/h7-10,14H,2-6,11-13H2,1H3,(H,21,25)(H,23,26)(H2,22,24,27,29). The smallest absolute Gasteiger partial charge is 0.238 e. The Labute approximate surface area is 176 Å². The highest BCUT2D eigenvalue weighted by atomic mass is 32.1. The third-order valence-corrected chi connectivity index (χ3v) is 4.75. The second-order valence-electron chi connectivity index (χ2n) is 6.91. The summed E-state index contributed by atoms with van der Waals surface area (Å²) in [7, 11) is 0. The van der Waals surface area contributed by atoms with Crippen molar-refractivity contribution in [1.29, 1.82) is 0 Å². The van der Waals surface area contributed by atoms with Gasteiger partial charge in [0.05, 0.1) is 6.61 Å². The maximum atomic E-state index is 12.0. The summed E-state index contributed by atoms with van der Waals surface area (Å²) in [6, 6.07) is 6.99. The minimum atomic E-state index is -0.403.